The van der Waals surface area contributed by atoms with Gasteiger partial charge in [-0.25, -0.2) is 0 Å². The molecule has 1 saturated heterocycles. The Hall–Kier alpha value is -1.35. The Morgan fingerprint density at radius 2 is 1.70 bits per heavy atom. The standard InChI is InChI=1S/C17H26N2O/c1-13-6-7-14(17(2,3)4)12-15(13)16(20)19-10-8-18(5)9-11-19/h6-7,12H,8-11H2,1-5H3. The minimum atomic E-state index is 0.0743. The van der Waals surface area contributed by atoms with Gasteiger partial charge in [0.05, 0.1) is 0 Å². The van der Waals surface area contributed by atoms with E-state index in [1.807, 2.05) is 11.8 Å². The van der Waals surface area contributed by atoms with Gasteiger partial charge in [-0.15, -0.1) is 0 Å². The van der Waals surface area contributed by atoms with Crippen molar-refractivity contribution in [3.8, 4) is 0 Å². The third kappa shape index (κ3) is 3.21. The summed E-state index contributed by atoms with van der Waals surface area (Å²) in [5, 5.41) is 0. The Labute approximate surface area is 122 Å². The molecule has 1 aliphatic heterocycles. The Bertz CT molecular complexity index is 494. The third-order valence-corrected chi connectivity index (χ3v) is 4.12. The zero-order valence-electron chi connectivity index (χ0n) is 13.4. The first-order valence-electron chi connectivity index (χ1n) is 7.38. The first-order valence-corrected chi connectivity index (χ1v) is 7.38. The number of benzene rings is 1. The first-order chi connectivity index (χ1) is 9.29. The summed E-state index contributed by atoms with van der Waals surface area (Å²) in [6.45, 7) is 12.2. The zero-order chi connectivity index (χ0) is 14.9. The maximum atomic E-state index is 12.7. The van der Waals surface area contributed by atoms with Crippen LogP contribution < -0.4 is 0 Å². The number of carbonyl (C=O) groups excluding carboxylic acids is 1. The average molecular weight is 274 g/mol. The van der Waals surface area contributed by atoms with Gasteiger partial charge in [-0.1, -0.05) is 32.9 Å². The van der Waals surface area contributed by atoms with E-state index in [1.165, 1.54) is 5.56 Å². The molecule has 0 spiro atoms. The molecule has 20 heavy (non-hydrogen) atoms. The minimum absolute atomic E-state index is 0.0743. The van der Waals surface area contributed by atoms with Crippen LogP contribution in [0.15, 0.2) is 18.2 Å². The van der Waals surface area contributed by atoms with Gasteiger partial charge in [0, 0.05) is 31.7 Å². The predicted molar refractivity (Wildman–Crippen MR) is 83.3 cm³/mol. The fourth-order valence-corrected chi connectivity index (χ4v) is 2.50. The van der Waals surface area contributed by atoms with Gasteiger partial charge in [-0.05, 0) is 36.6 Å². The zero-order valence-corrected chi connectivity index (χ0v) is 13.4. The molecule has 3 nitrogen and oxygen atoms in total. The smallest absolute Gasteiger partial charge is 0.254 e. The molecule has 1 aromatic carbocycles. The van der Waals surface area contributed by atoms with Crippen molar-refractivity contribution in [3.05, 3.63) is 34.9 Å². The van der Waals surface area contributed by atoms with Crippen molar-refractivity contribution in [1.29, 1.82) is 0 Å². The highest BCUT2D eigenvalue weighted by Gasteiger charge is 2.23. The average Bonchev–Trinajstić information content (AvgIpc) is 2.38. The summed E-state index contributed by atoms with van der Waals surface area (Å²) in [7, 11) is 2.10. The summed E-state index contributed by atoms with van der Waals surface area (Å²) < 4.78 is 0. The van der Waals surface area contributed by atoms with Crippen molar-refractivity contribution in [1.82, 2.24) is 9.80 Å². The first kappa shape index (κ1) is 15.0. The molecule has 0 saturated carbocycles. The largest absolute Gasteiger partial charge is 0.336 e. The van der Waals surface area contributed by atoms with Crippen LogP contribution >= 0.6 is 0 Å². The monoisotopic (exact) mass is 274 g/mol. The maximum Gasteiger partial charge on any atom is 0.254 e. The highest BCUT2D eigenvalue weighted by Crippen LogP contribution is 2.25. The summed E-state index contributed by atoms with van der Waals surface area (Å²) in [4.78, 5) is 17.0. The second-order valence-corrected chi connectivity index (χ2v) is 6.88. The van der Waals surface area contributed by atoms with Crippen molar-refractivity contribution in [2.75, 3.05) is 33.2 Å². The van der Waals surface area contributed by atoms with Crippen molar-refractivity contribution in [3.63, 3.8) is 0 Å². The Balaban J connectivity index is 2.25. The number of rotatable bonds is 1. The van der Waals surface area contributed by atoms with Crippen molar-refractivity contribution < 1.29 is 4.79 Å². The van der Waals surface area contributed by atoms with Crippen molar-refractivity contribution >= 4 is 5.91 Å². The molecule has 0 atom stereocenters. The van der Waals surface area contributed by atoms with Gasteiger partial charge in [-0.3, -0.25) is 4.79 Å². The maximum absolute atomic E-state index is 12.7. The second kappa shape index (κ2) is 5.57. The molecule has 1 amide bonds. The minimum Gasteiger partial charge on any atom is -0.336 e. The van der Waals surface area contributed by atoms with Gasteiger partial charge in [0.15, 0.2) is 0 Å². The van der Waals surface area contributed by atoms with Crippen molar-refractivity contribution in [2.45, 2.75) is 33.1 Å². The Morgan fingerprint density at radius 3 is 2.25 bits per heavy atom. The van der Waals surface area contributed by atoms with E-state index in [9.17, 15) is 4.79 Å². The molecule has 110 valence electrons. The normalized spacial score (nSPS) is 17.4. The molecule has 0 aromatic heterocycles. The predicted octanol–water partition coefficient (Wildman–Crippen LogP) is 2.68. The molecule has 0 aliphatic carbocycles. The molecule has 0 unspecified atom stereocenters. The van der Waals surface area contributed by atoms with E-state index < -0.39 is 0 Å². The molecule has 0 N–H and O–H groups in total. The SMILES string of the molecule is Cc1ccc(C(C)(C)C)cc1C(=O)N1CCN(C)CC1. The number of amides is 1. The number of hydrogen-bond acceptors (Lipinski definition) is 2. The molecular formula is C17H26N2O. The van der Waals surface area contributed by atoms with Crippen LogP contribution in [0.25, 0.3) is 0 Å². The van der Waals surface area contributed by atoms with Gasteiger partial charge in [-0.2, -0.15) is 0 Å². The van der Waals surface area contributed by atoms with Crippen LogP contribution in [-0.4, -0.2) is 48.9 Å². The fraction of sp³-hybridized carbons (Fsp3) is 0.588. The van der Waals surface area contributed by atoms with Crippen LogP contribution in [0.2, 0.25) is 0 Å². The Morgan fingerprint density at radius 1 is 1.10 bits per heavy atom. The van der Waals surface area contributed by atoms with Gasteiger partial charge in [0.2, 0.25) is 0 Å². The van der Waals surface area contributed by atoms with E-state index in [-0.39, 0.29) is 11.3 Å². The summed E-state index contributed by atoms with van der Waals surface area (Å²) in [6.07, 6.45) is 0. The summed E-state index contributed by atoms with van der Waals surface area (Å²) in [6, 6.07) is 6.29. The number of nitrogens with zero attached hydrogens (tertiary/aromatic N) is 2. The summed E-state index contributed by atoms with van der Waals surface area (Å²) in [5.74, 6) is 0.182. The molecule has 1 aromatic rings. The molecular weight excluding hydrogens is 248 g/mol. The summed E-state index contributed by atoms with van der Waals surface area (Å²) in [5.41, 5.74) is 3.23. The number of piperazine rings is 1. The lowest BCUT2D eigenvalue weighted by Crippen LogP contribution is -2.47. The van der Waals surface area contributed by atoms with Crippen LogP contribution in [0.4, 0.5) is 0 Å². The van der Waals surface area contributed by atoms with Crippen LogP contribution in [0.3, 0.4) is 0 Å². The van der Waals surface area contributed by atoms with Crippen LogP contribution in [0.5, 0.6) is 0 Å². The second-order valence-electron chi connectivity index (χ2n) is 6.88. The van der Waals surface area contributed by atoms with Crippen LogP contribution in [-0.2, 0) is 5.41 Å². The van der Waals surface area contributed by atoms with Gasteiger partial charge in [0.1, 0.15) is 0 Å². The van der Waals surface area contributed by atoms with E-state index in [1.54, 1.807) is 0 Å². The topological polar surface area (TPSA) is 23.6 Å². The molecule has 0 radical (unpaired) electrons. The molecule has 1 heterocycles. The van der Waals surface area contributed by atoms with Crippen molar-refractivity contribution in [2.24, 2.45) is 0 Å². The third-order valence-electron chi connectivity index (χ3n) is 4.12. The van der Waals surface area contributed by atoms with E-state index in [0.29, 0.717) is 0 Å². The number of hydrogen-bond donors (Lipinski definition) is 0. The van der Waals surface area contributed by atoms with Crippen LogP contribution in [0.1, 0.15) is 42.3 Å². The summed E-state index contributed by atoms with van der Waals surface area (Å²) >= 11 is 0. The molecule has 3 heteroatoms. The molecule has 1 aliphatic rings. The van der Waals surface area contributed by atoms with Gasteiger partial charge >= 0.3 is 0 Å². The quantitative estimate of drug-likeness (QED) is 0.786. The van der Waals surface area contributed by atoms with E-state index in [0.717, 1.165) is 37.3 Å². The van der Waals surface area contributed by atoms with Gasteiger partial charge in [0.25, 0.3) is 5.91 Å². The molecule has 2 rings (SSSR count). The lowest BCUT2D eigenvalue weighted by molar-refractivity contribution is 0.0663. The lowest BCUT2D eigenvalue weighted by Gasteiger charge is -2.33. The molecule has 1 fully saturated rings. The Kier molecular flexibility index (Phi) is 4.19. The van der Waals surface area contributed by atoms with Crippen LogP contribution in [0, 0.1) is 6.92 Å². The van der Waals surface area contributed by atoms with Gasteiger partial charge < -0.3 is 9.80 Å². The highest BCUT2D eigenvalue weighted by molar-refractivity contribution is 5.96. The number of aryl methyl sites for hydroxylation is 1. The van der Waals surface area contributed by atoms with E-state index in [2.05, 4.69) is 50.9 Å². The number of likely N-dealkylation sites (N-methyl/N-ethyl adjacent to an activating group) is 1. The van der Waals surface area contributed by atoms with E-state index in [4.69, 9.17) is 0 Å². The highest BCUT2D eigenvalue weighted by atomic mass is 16.2. The number of carbonyl (C=O) groups is 1. The fourth-order valence-electron chi connectivity index (χ4n) is 2.50. The lowest BCUT2D eigenvalue weighted by atomic mass is 9.85. The molecule has 0 bridgehead atoms. The van der Waals surface area contributed by atoms with E-state index >= 15 is 0 Å².